The fourth-order valence-corrected chi connectivity index (χ4v) is 2.57. The van der Waals surface area contributed by atoms with Crippen LogP contribution < -0.4 is 5.32 Å². The maximum Gasteiger partial charge on any atom is 0.339 e. The number of hydrogen-bond donors (Lipinski definition) is 2. The van der Waals surface area contributed by atoms with E-state index in [1.165, 1.54) is 17.5 Å². The summed E-state index contributed by atoms with van der Waals surface area (Å²) >= 11 is 1.46. The van der Waals surface area contributed by atoms with E-state index in [4.69, 9.17) is 0 Å². The fourth-order valence-electron chi connectivity index (χ4n) is 1.62. The summed E-state index contributed by atoms with van der Waals surface area (Å²) in [4.78, 5) is 19.7. The lowest BCUT2D eigenvalue weighted by Gasteiger charge is -2.14. The monoisotopic (exact) mass is 291 g/mol. The summed E-state index contributed by atoms with van der Waals surface area (Å²) in [6, 6.07) is 1.71. The molecule has 0 amide bonds. The van der Waals surface area contributed by atoms with Crippen LogP contribution in [0.5, 0.6) is 0 Å². The lowest BCUT2D eigenvalue weighted by molar-refractivity contribution is 0.0697. The van der Waals surface area contributed by atoms with E-state index in [1.54, 1.807) is 6.07 Å². The highest BCUT2D eigenvalue weighted by atomic mass is 32.1. The molecular weight excluding hydrogens is 274 g/mol. The molecule has 2 rings (SSSR count). The summed E-state index contributed by atoms with van der Waals surface area (Å²) in [7, 11) is 0. The molecule has 5 nitrogen and oxygen atoms in total. The van der Waals surface area contributed by atoms with Gasteiger partial charge in [-0.05, 0) is 13.0 Å². The van der Waals surface area contributed by atoms with Crippen LogP contribution in [0.1, 0.15) is 42.5 Å². The second-order valence-corrected chi connectivity index (χ2v) is 6.45. The molecule has 0 saturated heterocycles. The maximum atomic E-state index is 11.2. The molecule has 0 aromatic carbocycles. The second-order valence-electron chi connectivity index (χ2n) is 5.59. The first-order chi connectivity index (χ1) is 9.27. The number of aryl methyl sites for hydroxylation is 1. The SMILES string of the molecule is Cc1cc(Nc2nc(C(C)(C)C)cs2)c(C(=O)O)cn1. The predicted molar refractivity (Wildman–Crippen MR) is 80.0 cm³/mol. The molecule has 0 aliphatic carbocycles. The molecule has 2 aromatic heterocycles. The molecule has 0 fully saturated rings. The van der Waals surface area contributed by atoms with Gasteiger partial charge in [0.15, 0.2) is 5.13 Å². The second kappa shape index (κ2) is 5.20. The number of nitrogens with zero attached hydrogens (tertiary/aromatic N) is 2. The van der Waals surface area contributed by atoms with Gasteiger partial charge in [0.25, 0.3) is 0 Å². The van der Waals surface area contributed by atoms with Gasteiger partial charge in [0.05, 0.1) is 11.4 Å². The number of carboxylic acids is 1. The van der Waals surface area contributed by atoms with Gasteiger partial charge < -0.3 is 10.4 Å². The summed E-state index contributed by atoms with van der Waals surface area (Å²) in [5, 5.41) is 14.9. The maximum absolute atomic E-state index is 11.2. The van der Waals surface area contributed by atoms with Crippen LogP contribution in [0.4, 0.5) is 10.8 Å². The highest BCUT2D eigenvalue weighted by molar-refractivity contribution is 7.13. The van der Waals surface area contributed by atoms with Gasteiger partial charge >= 0.3 is 5.97 Å². The average molecular weight is 291 g/mol. The molecule has 2 heterocycles. The van der Waals surface area contributed by atoms with Crippen molar-refractivity contribution in [1.29, 1.82) is 0 Å². The van der Waals surface area contributed by atoms with E-state index in [-0.39, 0.29) is 11.0 Å². The van der Waals surface area contributed by atoms with Gasteiger partial charge in [0, 0.05) is 22.7 Å². The van der Waals surface area contributed by atoms with Gasteiger partial charge in [0.2, 0.25) is 0 Å². The molecule has 0 unspecified atom stereocenters. The Morgan fingerprint density at radius 3 is 2.65 bits per heavy atom. The highest BCUT2D eigenvalue weighted by Gasteiger charge is 2.18. The molecular formula is C14H17N3O2S. The summed E-state index contributed by atoms with van der Waals surface area (Å²) in [6.07, 6.45) is 1.36. The first-order valence-corrected chi connectivity index (χ1v) is 7.08. The van der Waals surface area contributed by atoms with Crippen molar-refractivity contribution in [2.24, 2.45) is 0 Å². The number of anilines is 2. The minimum absolute atomic E-state index is 0.0276. The third kappa shape index (κ3) is 3.14. The number of pyridine rings is 1. The van der Waals surface area contributed by atoms with Gasteiger partial charge in [-0.2, -0.15) is 0 Å². The molecule has 0 bridgehead atoms. The predicted octanol–water partition coefficient (Wildman–Crippen LogP) is 3.59. The number of aromatic carboxylic acids is 1. The van der Waals surface area contributed by atoms with Crippen molar-refractivity contribution in [2.45, 2.75) is 33.1 Å². The van der Waals surface area contributed by atoms with Crippen molar-refractivity contribution >= 4 is 28.1 Å². The van der Waals surface area contributed by atoms with Crippen LogP contribution in [0.3, 0.4) is 0 Å². The first-order valence-electron chi connectivity index (χ1n) is 6.20. The van der Waals surface area contributed by atoms with Crippen LogP contribution in [0.25, 0.3) is 0 Å². The zero-order valence-electron chi connectivity index (χ0n) is 11.9. The fraction of sp³-hybridized carbons (Fsp3) is 0.357. The van der Waals surface area contributed by atoms with Crippen LogP contribution >= 0.6 is 11.3 Å². The third-order valence-corrected chi connectivity index (χ3v) is 3.54. The van der Waals surface area contributed by atoms with Crippen LogP contribution in [0.2, 0.25) is 0 Å². The topological polar surface area (TPSA) is 75.1 Å². The number of hydrogen-bond acceptors (Lipinski definition) is 5. The Balaban J connectivity index is 2.32. The Bertz CT molecular complexity index is 644. The Morgan fingerprint density at radius 2 is 2.10 bits per heavy atom. The lowest BCUT2D eigenvalue weighted by Crippen LogP contribution is -2.11. The van der Waals surface area contributed by atoms with Gasteiger partial charge in [-0.3, -0.25) is 4.98 Å². The molecule has 0 aliphatic rings. The Morgan fingerprint density at radius 1 is 1.40 bits per heavy atom. The largest absolute Gasteiger partial charge is 0.478 e. The average Bonchev–Trinajstić information content (AvgIpc) is 2.76. The molecule has 0 radical (unpaired) electrons. The lowest BCUT2D eigenvalue weighted by atomic mass is 9.93. The van der Waals surface area contributed by atoms with E-state index in [0.29, 0.717) is 10.8 Å². The van der Waals surface area contributed by atoms with Crippen molar-refractivity contribution < 1.29 is 9.90 Å². The summed E-state index contributed by atoms with van der Waals surface area (Å²) in [5.74, 6) is -1.01. The van der Waals surface area contributed by atoms with Crippen LogP contribution in [0, 0.1) is 6.92 Å². The number of carbonyl (C=O) groups is 1. The van der Waals surface area contributed by atoms with Gasteiger partial charge in [0.1, 0.15) is 5.56 Å². The first kappa shape index (κ1) is 14.5. The van der Waals surface area contributed by atoms with Gasteiger partial charge in [-0.15, -0.1) is 11.3 Å². The van der Waals surface area contributed by atoms with Gasteiger partial charge in [-0.1, -0.05) is 20.8 Å². The van der Waals surface area contributed by atoms with E-state index in [9.17, 15) is 9.90 Å². The quantitative estimate of drug-likeness (QED) is 0.904. The van der Waals surface area contributed by atoms with E-state index in [0.717, 1.165) is 11.4 Å². The molecule has 0 atom stereocenters. The standard InChI is InChI=1S/C14H17N3O2S/c1-8-5-10(9(6-15-8)12(18)19)16-13-17-11(7-20-13)14(2,3)4/h5-7H,1-4H3,(H,18,19)(H,15,16,17). The number of thiazole rings is 1. The summed E-state index contributed by atoms with van der Waals surface area (Å²) < 4.78 is 0. The highest BCUT2D eigenvalue weighted by Crippen LogP contribution is 2.29. The van der Waals surface area contributed by atoms with Crippen molar-refractivity contribution in [2.75, 3.05) is 5.32 Å². The van der Waals surface area contributed by atoms with E-state index in [1.807, 2.05) is 12.3 Å². The Labute approximate surface area is 121 Å². The normalized spacial score (nSPS) is 11.4. The molecule has 106 valence electrons. The Hall–Kier alpha value is -1.95. The van der Waals surface area contributed by atoms with Crippen molar-refractivity contribution in [3.63, 3.8) is 0 Å². The number of rotatable bonds is 3. The summed E-state index contributed by atoms with van der Waals surface area (Å²) in [6.45, 7) is 8.08. The van der Waals surface area contributed by atoms with Crippen molar-refractivity contribution in [3.8, 4) is 0 Å². The minimum atomic E-state index is -1.01. The smallest absolute Gasteiger partial charge is 0.339 e. The third-order valence-electron chi connectivity index (χ3n) is 2.79. The van der Waals surface area contributed by atoms with Crippen molar-refractivity contribution in [1.82, 2.24) is 9.97 Å². The molecule has 20 heavy (non-hydrogen) atoms. The van der Waals surface area contributed by atoms with Crippen molar-refractivity contribution in [3.05, 3.63) is 34.6 Å². The van der Waals surface area contributed by atoms with E-state index < -0.39 is 5.97 Å². The summed E-state index contributed by atoms with van der Waals surface area (Å²) in [5.41, 5.74) is 2.36. The molecule has 2 N–H and O–H groups in total. The van der Waals surface area contributed by atoms with Crippen LogP contribution in [-0.4, -0.2) is 21.0 Å². The molecule has 2 aromatic rings. The number of nitrogens with one attached hydrogen (secondary N) is 1. The minimum Gasteiger partial charge on any atom is -0.478 e. The zero-order valence-corrected chi connectivity index (χ0v) is 12.7. The molecule has 0 saturated carbocycles. The molecule has 0 spiro atoms. The Kier molecular flexibility index (Phi) is 3.76. The van der Waals surface area contributed by atoms with Crippen LogP contribution in [-0.2, 0) is 5.41 Å². The molecule has 6 heteroatoms. The zero-order chi connectivity index (χ0) is 14.9. The van der Waals surface area contributed by atoms with Crippen LogP contribution in [0.15, 0.2) is 17.6 Å². The van der Waals surface area contributed by atoms with E-state index in [2.05, 4.69) is 36.1 Å². The van der Waals surface area contributed by atoms with Gasteiger partial charge in [-0.25, -0.2) is 9.78 Å². The van der Waals surface area contributed by atoms with E-state index >= 15 is 0 Å². The number of carboxylic acid groups (broad SMARTS) is 1. The molecule has 0 aliphatic heterocycles. The number of aromatic nitrogens is 2.